The summed E-state index contributed by atoms with van der Waals surface area (Å²) in [5, 5.41) is 5.79. The van der Waals surface area contributed by atoms with Crippen molar-refractivity contribution in [1.82, 2.24) is 5.32 Å². The number of carbonyl (C=O) groups excluding carboxylic acids is 2. The molecule has 2 unspecified atom stereocenters. The topological polar surface area (TPSA) is 129 Å². The Bertz CT molecular complexity index is 991. The molecule has 0 saturated carbocycles. The molecule has 0 bridgehead atoms. The average Bonchev–Trinajstić information content (AvgIpc) is 2.76. The molecule has 2 aromatic carbocycles. The van der Waals surface area contributed by atoms with Crippen LogP contribution in [0.15, 0.2) is 53.7 Å². The van der Waals surface area contributed by atoms with Gasteiger partial charge in [-0.25, -0.2) is 9.18 Å². The molecule has 0 aliphatic carbocycles. The molecule has 164 valence electrons. The molecular formula is C19H19FIN3O6P+. The molecule has 2 amide bonds. The second kappa shape index (κ2) is 12.3. The molecule has 0 aliphatic rings. The zero-order chi connectivity index (χ0) is 22.8. The number of amidine groups is 1. The van der Waals surface area contributed by atoms with Crippen molar-refractivity contribution < 1.29 is 32.6 Å². The minimum absolute atomic E-state index is 0.0519. The molecule has 0 saturated heterocycles. The largest absolute Gasteiger partial charge is 0.550 e. The summed E-state index contributed by atoms with van der Waals surface area (Å²) in [6.07, 6.45) is -1.54. The summed E-state index contributed by atoms with van der Waals surface area (Å²) in [5.74, 6) is -1.25. The summed E-state index contributed by atoms with van der Waals surface area (Å²) in [4.78, 5) is 29.1. The highest BCUT2D eigenvalue weighted by Crippen LogP contribution is 2.27. The summed E-state index contributed by atoms with van der Waals surface area (Å²) >= 11 is 1.86. The second-order valence-electron chi connectivity index (χ2n) is 5.77. The minimum Gasteiger partial charge on any atom is -0.399 e. The Labute approximate surface area is 192 Å². The molecule has 0 radical (unpaired) electrons. The van der Waals surface area contributed by atoms with Gasteiger partial charge in [0.05, 0.1) is 6.61 Å². The van der Waals surface area contributed by atoms with Crippen LogP contribution in [0, 0.1) is 5.82 Å². The van der Waals surface area contributed by atoms with Crippen molar-refractivity contribution in [2.75, 3.05) is 13.0 Å². The lowest BCUT2D eigenvalue weighted by Gasteiger charge is -2.10. The Morgan fingerprint density at radius 1 is 1.23 bits per heavy atom. The van der Waals surface area contributed by atoms with Crippen LogP contribution in [0.1, 0.15) is 32.5 Å². The molecule has 3 N–H and O–H groups in total. The predicted molar refractivity (Wildman–Crippen MR) is 119 cm³/mol. The zero-order valence-electron chi connectivity index (χ0n) is 16.3. The number of hydrogen-bond donors (Lipinski definition) is 2. The number of amides is 2. The lowest BCUT2D eigenvalue weighted by molar-refractivity contribution is 0.0930. The summed E-state index contributed by atoms with van der Waals surface area (Å²) in [5.41, 5.74) is 6.64. The Morgan fingerprint density at radius 2 is 1.94 bits per heavy atom. The zero-order valence-corrected chi connectivity index (χ0v) is 19.3. The van der Waals surface area contributed by atoms with E-state index in [0.29, 0.717) is 11.1 Å². The number of alkyl carbamates (subject to hydrolysis) is 1. The van der Waals surface area contributed by atoms with Gasteiger partial charge in [-0.3, -0.25) is 10.1 Å². The maximum atomic E-state index is 13.8. The number of nitrogens with one attached hydrogen (secondary N) is 1. The van der Waals surface area contributed by atoms with E-state index >= 15 is 0 Å². The van der Waals surface area contributed by atoms with E-state index in [1.54, 1.807) is 31.2 Å². The van der Waals surface area contributed by atoms with Gasteiger partial charge in [0.25, 0.3) is 5.91 Å². The lowest BCUT2D eigenvalue weighted by Crippen LogP contribution is -2.31. The first-order valence-corrected chi connectivity index (χ1v) is 11.5. The number of alkyl halides is 1. The normalized spacial score (nSPS) is 12.6. The van der Waals surface area contributed by atoms with E-state index in [0.717, 1.165) is 0 Å². The fraction of sp³-hybridized carbons (Fsp3) is 0.211. The molecule has 0 spiro atoms. The Kier molecular flexibility index (Phi) is 9.76. The van der Waals surface area contributed by atoms with Gasteiger partial charge >= 0.3 is 20.5 Å². The summed E-state index contributed by atoms with van der Waals surface area (Å²) in [6, 6.07) is 12.0. The van der Waals surface area contributed by atoms with E-state index < -0.39 is 36.3 Å². The number of oxime groups is 1. The monoisotopic (exact) mass is 562 g/mol. The van der Waals surface area contributed by atoms with Crippen molar-refractivity contribution in [3.8, 4) is 0 Å². The van der Waals surface area contributed by atoms with Crippen molar-refractivity contribution in [2.24, 2.45) is 10.9 Å². The van der Waals surface area contributed by atoms with E-state index in [1.165, 1.54) is 24.3 Å². The maximum Gasteiger partial charge on any atom is 0.550 e. The molecular weight excluding hydrogens is 543 g/mol. The predicted octanol–water partition coefficient (Wildman–Crippen LogP) is 4.20. The highest BCUT2D eigenvalue weighted by atomic mass is 127. The van der Waals surface area contributed by atoms with Crippen molar-refractivity contribution in [3.63, 3.8) is 0 Å². The van der Waals surface area contributed by atoms with Crippen LogP contribution < -0.4 is 11.1 Å². The third kappa shape index (κ3) is 7.85. The summed E-state index contributed by atoms with van der Waals surface area (Å²) in [7, 11) is -2.15. The van der Waals surface area contributed by atoms with Gasteiger partial charge in [-0.2, -0.15) is 0 Å². The molecule has 0 aliphatic heterocycles. The molecule has 12 heteroatoms. The number of rotatable bonds is 9. The van der Waals surface area contributed by atoms with Crippen molar-refractivity contribution in [2.45, 2.75) is 11.0 Å². The highest BCUT2D eigenvalue weighted by Gasteiger charge is 2.21. The van der Waals surface area contributed by atoms with Gasteiger partial charge < -0.3 is 15.3 Å². The Morgan fingerprint density at radius 3 is 2.65 bits per heavy atom. The molecule has 0 aromatic heterocycles. The van der Waals surface area contributed by atoms with Gasteiger partial charge in [0, 0.05) is 16.7 Å². The standard InChI is InChI=1S/C19H18FIN3O6P/c1-2-29-31(27)11-28-19(26)23-18(25)13-7-5-6-12(10-13)17(22)24-30-16(21)14-8-3-4-9-15(14)20/h3-10,16H,2,11H2,1H3,(H2-,22,23,24,25,26)/p+1. The number of carbonyl (C=O) groups is 2. The van der Waals surface area contributed by atoms with E-state index in [4.69, 9.17) is 15.1 Å². The van der Waals surface area contributed by atoms with Crippen LogP contribution in [0.4, 0.5) is 9.18 Å². The van der Waals surface area contributed by atoms with Crippen LogP contribution in [-0.4, -0.2) is 30.8 Å². The average molecular weight is 562 g/mol. The van der Waals surface area contributed by atoms with Gasteiger partial charge in [-0.05, 0) is 52.3 Å². The first kappa shape index (κ1) is 24.6. The van der Waals surface area contributed by atoms with Crippen LogP contribution >= 0.6 is 30.6 Å². The summed E-state index contributed by atoms with van der Waals surface area (Å²) < 4.78 is 33.8. The highest BCUT2D eigenvalue weighted by molar-refractivity contribution is 14.1. The first-order valence-electron chi connectivity index (χ1n) is 8.85. The van der Waals surface area contributed by atoms with E-state index in [2.05, 4.69) is 9.89 Å². The third-order valence-corrected chi connectivity index (χ3v) is 5.39. The van der Waals surface area contributed by atoms with Gasteiger partial charge in [0.2, 0.25) is 4.11 Å². The fourth-order valence-electron chi connectivity index (χ4n) is 2.19. The van der Waals surface area contributed by atoms with Crippen LogP contribution in [0.25, 0.3) is 0 Å². The van der Waals surface area contributed by atoms with Gasteiger partial charge in [0.15, 0.2) is 5.84 Å². The van der Waals surface area contributed by atoms with E-state index in [1.807, 2.05) is 27.9 Å². The number of ether oxygens (including phenoxy) is 1. The molecule has 0 heterocycles. The van der Waals surface area contributed by atoms with E-state index in [9.17, 15) is 18.5 Å². The lowest BCUT2D eigenvalue weighted by atomic mass is 10.1. The third-order valence-electron chi connectivity index (χ3n) is 3.60. The van der Waals surface area contributed by atoms with Crippen LogP contribution in [-0.2, 0) is 18.7 Å². The van der Waals surface area contributed by atoms with Crippen molar-refractivity contribution in [1.29, 1.82) is 0 Å². The van der Waals surface area contributed by atoms with Crippen LogP contribution in [0.2, 0.25) is 0 Å². The number of imide groups is 1. The molecule has 2 atom stereocenters. The Balaban J connectivity index is 1.99. The number of nitrogens with two attached hydrogens (primary N) is 1. The molecule has 31 heavy (non-hydrogen) atoms. The first-order chi connectivity index (χ1) is 14.8. The molecule has 2 aromatic rings. The quantitative estimate of drug-likeness (QED) is 0.117. The van der Waals surface area contributed by atoms with Crippen LogP contribution in [0.3, 0.4) is 0 Å². The smallest absolute Gasteiger partial charge is 0.399 e. The van der Waals surface area contributed by atoms with Gasteiger partial charge in [-0.1, -0.05) is 35.5 Å². The molecule has 0 fully saturated rings. The SMILES string of the molecule is CCO[P+](=O)COC(=O)NC(=O)c1cccc(/C(N)=N/OC(I)c2ccccc2F)c1. The summed E-state index contributed by atoms with van der Waals surface area (Å²) in [6.45, 7) is 1.85. The Hall–Kier alpha value is -2.63. The number of hydrogen-bond acceptors (Lipinski definition) is 7. The van der Waals surface area contributed by atoms with Gasteiger partial charge in [0.1, 0.15) is 5.82 Å². The number of halogens is 2. The molecule has 2 rings (SSSR count). The van der Waals surface area contributed by atoms with Crippen LogP contribution in [0.5, 0.6) is 0 Å². The second-order valence-corrected chi connectivity index (χ2v) is 8.08. The van der Waals surface area contributed by atoms with E-state index in [-0.39, 0.29) is 18.0 Å². The van der Waals surface area contributed by atoms with Gasteiger partial charge in [-0.15, -0.1) is 4.52 Å². The van der Waals surface area contributed by atoms with Crippen molar-refractivity contribution >= 4 is 48.5 Å². The fourth-order valence-corrected chi connectivity index (χ4v) is 3.39. The number of nitrogens with zero attached hydrogens (tertiary/aromatic N) is 1. The van der Waals surface area contributed by atoms with Crippen molar-refractivity contribution in [3.05, 3.63) is 71.0 Å². The number of benzene rings is 2. The molecule has 9 nitrogen and oxygen atoms in total. The minimum atomic E-state index is -2.15. The maximum absolute atomic E-state index is 13.8.